The van der Waals surface area contributed by atoms with Crippen LogP contribution in [-0.2, 0) is 4.74 Å². The molecule has 4 nitrogen and oxygen atoms in total. The molecule has 2 heterocycles. The summed E-state index contributed by atoms with van der Waals surface area (Å²) in [7, 11) is 0. The highest BCUT2D eigenvalue weighted by molar-refractivity contribution is 5.24. The average molecular weight is 221 g/mol. The number of nitrogens with zero attached hydrogens (tertiary/aromatic N) is 2. The Balaban J connectivity index is 1.85. The van der Waals surface area contributed by atoms with Crippen LogP contribution in [0, 0.1) is 12.8 Å². The van der Waals surface area contributed by atoms with E-state index >= 15 is 0 Å². The summed E-state index contributed by atoms with van der Waals surface area (Å²) >= 11 is 0. The number of hydrogen-bond donors (Lipinski definition) is 1. The van der Waals surface area contributed by atoms with E-state index in [1.54, 1.807) is 0 Å². The molecule has 0 spiro atoms. The van der Waals surface area contributed by atoms with Crippen LogP contribution in [0.2, 0.25) is 0 Å². The predicted octanol–water partition coefficient (Wildman–Crippen LogP) is 2.01. The lowest BCUT2D eigenvalue weighted by atomic mass is 10.00. The van der Waals surface area contributed by atoms with E-state index in [-0.39, 0.29) is 0 Å². The van der Waals surface area contributed by atoms with Crippen molar-refractivity contribution in [1.82, 2.24) is 9.97 Å². The van der Waals surface area contributed by atoms with Crippen molar-refractivity contribution in [3.63, 3.8) is 0 Å². The molecule has 2 unspecified atom stereocenters. The third-order valence-corrected chi connectivity index (χ3v) is 3.05. The van der Waals surface area contributed by atoms with Gasteiger partial charge in [-0.05, 0) is 25.3 Å². The van der Waals surface area contributed by atoms with Gasteiger partial charge in [0.1, 0.15) is 0 Å². The van der Waals surface area contributed by atoms with Crippen molar-refractivity contribution in [2.24, 2.45) is 5.92 Å². The number of aromatic nitrogens is 2. The second kappa shape index (κ2) is 5.25. The third-order valence-electron chi connectivity index (χ3n) is 3.05. The zero-order valence-corrected chi connectivity index (χ0v) is 9.94. The van der Waals surface area contributed by atoms with E-state index in [4.69, 9.17) is 4.74 Å². The number of nitrogens with one attached hydrogen (secondary N) is 1. The number of ether oxygens (including phenoxy) is 1. The van der Waals surface area contributed by atoms with E-state index in [2.05, 4.69) is 22.2 Å². The molecule has 1 fully saturated rings. The lowest BCUT2D eigenvalue weighted by molar-refractivity contribution is 0.0900. The maximum atomic E-state index is 5.64. The van der Waals surface area contributed by atoms with E-state index in [1.807, 2.05) is 19.3 Å². The van der Waals surface area contributed by atoms with Gasteiger partial charge in [-0.3, -0.25) is 0 Å². The van der Waals surface area contributed by atoms with Crippen molar-refractivity contribution in [2.45, 2.75) is 32.8 Å². The maximum absolute atomic E-state index is 5.64. The summed E-state index contributed by atoms with van der Waals surface area (Å²) in [5.74, 6) is 1.31. The van der Waals surface area contributed by atoms with Gasteiger partial charge in [-0.25, -0.2) is 9.97 Å². The largest absolute Gasteiger partial charge is 0.378 e. The quantitative estimate of drug-likeness (QED) is 0.845. The Morgan fingerprint density at radius 1 is 1.44 bits per heavy atom. The molecule has 0 bridgehead atoms. The van der Waals surface area contributed by atoms with E-state index in [9.17, 15) is 0 Å². The number of hydrogen-bond acceptors (Lipinski definition) is 4. The molecule has 16 heavy (non-hydrogen) atoms. The Kier molecular flexibility index (Phi) is 3.72. The van der Waals surface area contributed by atoms with Gasteiger partial charge in [0.05, 0.1) is 6.10 Å². The second-order valence-electron chi connectivity index (χ2n) is 4.33. The summed E-state index contributed by atoms with van der Waals surface area (Å²) in [6, 6.07) is 0. The van der Waals surface area contributed by atoms with Gasteiger partial charge in [-0.15, -0.1) is 0 Å². The Bertz CT molecular complexity index is 326. The van der Waals surface area contributed by atoms with Crippen LogP contribution in [0.4, 0.5) is 5.95 Å². The van der Waals surface area contributed by atoms with Crippen molar-refractivity contribution in [2.75, 3.05) is 18.5 Å². The van der Waals surface area contributed by atoms with Gasteiger partial charge in [0, 0.05) is 31.5 Å². The highest BCUT2D eigenvalue weighted by Gasteiger charge is 2.26. The number of aryl methyl sites for hydroxylation is 1. The van der Waals surface area contributed by atoms with Crippen LogP contribution in [-0.4, -0.2) is 29.2 Å². The van der Waals surface area contributed by atoms with Crippen LogP contribution in [0.25, 0.3) is 0 Å². The predicted molar refractivity (Wildman–Crippen MR) is 63.4 cm³/mol. The molecule has 0 radical (unpaired) electrons. The zero-order chi connectivity index (χ0) is 11.4. The Morgan fingerprint density at radius 2 is 2.19 bits per heavy atom. The summed E-state index contributed by atoms with van der Waals surface area (Å²) in [5, 5.41) is 3.28. The average Bonchev–Trinajstić information content (AvgIpc) is 2.76. The Morgan fingerprint density at radius 3 is 2.88 bits per heavy atom. The zero-order valence-electron chi connectivity index (χ0n) is 9.94. The molecule has 2 rings (SSSR count). The van der Waals surface area contributed by atoms with E-state index < -0.39 is 0 Å². The van der Waals surface area contributed by atoms with Gasteiger partial charge >= 0.3 is 0 Å². The van der Waals surface area contributed by atoms with Crippen LogP contribution in [0.15, 0.2) is 12.4 Å². The van der Waals surface area contributed by atoms with Crippen LogP contribution in [0.5, 0.6) is 0 Å². The Hall–Kier alpha value is -1.16. The molecule has 2 atom stereocenters. The highest BCUT2D eigenvalue weighted by Crippen LogP contribution is 2.23. The lowest BCUT2D eigenvalue weighted by Crippen LogP contribution is -2.23. The molecule has 0 amide bonds. The lowest BCUT2D eigenvalue weighted by Gasteiger charge is -2.17. The first-order valence-corrected chi connectivity index (χ1v) is 5.93. The van der Waals surface area contributed by atoms with Crippen molar-refractivity contribution < 1.29 is 4.74 Å². The summed E-state index contributed by atoms with van der Waals surface area (Å²) in [6.45, 7) is 5.95. The first-order chi connectivity index (χ1) is 7.79. The monoisotopic (exact) mass is 221 g/mol. The minimum Gasteiger partial charge on any atom is -0.378 e. The van der Waals surface area contributed by atoms with Gasteiger partial charge in [0.25, 0.3) is 0 Å². The first kappa shape index (κ1) is 11.3. The minimum absolute atomic E-state index is 0.401. The van der Waals surface area contributed by atoms with Gasteiger partial charge in [-0.1, -0.05) is 6.92 Å². The normalized spacial score (nSPS) is 24.6. The smallest absolute Gasteiger partial charge is 0.222 e. The summed E-state index contributed by atoms with van der Waals surface area (Å²) in [6.07, 6.45) is 6.28. The van der Waals surface area contributed by atoms with Crippen LogP contribution >= 0.6 is 0 Å². The molecule has 4 heteroatoms. The molecular weight excluding hydrogens is 202 g/mol. The fourth-order valence-electron chi connectivity index (χ4n) is 2.08. The standard InChI is InChI=1S/C12H19N3O/c1-3-11-10(4-5-16-11)8-15-12-13-6-9(2)7-14-12/h6-7,10-11H,3-5,8H2,1-2H3,(H,13,14,15). The number of rotatable bonds is 4. The molecule has 1 aromatic heterocycles. The fraction of sp³-hybridized carbons (Fsp3) is 0.667. The second-order valence-corrected chi connectivity index (χ2v) is 4.33. The van der Waals surface area contributed by atoms with Crippen LogP contribution < -0.4 is 5.32 Å². The molecule has 1 aromatic rings. The van der Waals surface area contributed by atoms with Crippen molar-refractivity contribution >= 4 is 5.95 Å². The topological polar surface area (TPSA) is 47.0 Å². The molecule has 0 aromatic carbocycles. The third kappa shape index (κ3) is 2.70. The minimum atomic E-state index is 0.401. The molecule has 1 N–H and O–H groups in total. The van der Waals surface area contributed by atoms with Crippen LogP contribution in [0.3, 0.4) is 0 Å². The number of anilines is 1. The van der Waals surface area contributed by atoms with Gasteiger partial charge in [-0.2, -0.15) is 0 Å². The molecule has 0 aliphatic carbocycles. The SMILES string of the molecule is CCC1OCCC1CNc1ncc(C)cn1. The maximum Gasteiger partial charge on any atom is 0.222 e. The van der Waals surface area contributed by atoms with Crippen molar-refractivity contribution in [3.8, 4) is 0 Å². The van der Waals surface area contributed by atoms with Gasteiger partial charge in [0.2, 0.25) is 5.95 Å². The van der Waals surface area contributed by atoms with Gasteiger partial charge in [0.15, 0.2) is 0 Å². The van der Waals surface area contributed by atoms with Gasteiger partial charge < -0.3 is 10.1 Å². The van der Waals surface area contributed by atoms with E-state index in [1.165, 1.54) is 0 Å². The fourth-order valence-corrected chi connectivity index (χ4v) is 2.08. The molecule has 1 saturated heterocycles. The van der Waals surface area contributed by atoms with Crippen molar-refractivity contribution in [1.29, 1.82) is 0 Å². The Labute approximate surface area is 96.4 Å². The highest BCUT2D eigenvalue weighted by atomic mass is 16.5. The van der Waals surface area contributed by atoms with E-state index in [0.29, 0.717) is 18.0 Å². The summed E-state index contributed by atoms with van der Waals surface area (Å²) in [4.78, 5) is 8.45. The van der Waals surface area contributed by atoms with Crippen LogP contribution in [0.1, 0.15) is 25.3 Å². The molecular formula is C12H19N3O. The van der Waals surface area contributed by atoms with Crippen molar-refractivity contribution in [3.05, 3.63) is 18.0 Å². The first-order valence-electron chi connectivity index (χ1n) is 5.93. The summed E-state index contributed by atoms with van der Waals surface area (Å²) in [5.41, 5.74) is 1.08. The van der Waals surface area contributed by atoms with E-state index in [0.717, 1.165) is 31.6 Å². The molecule has 1 aliphatic heterocycles. The summed E-state index contributed by atoms with van der Waals surface area (Å²) < 4.78 is 5.64. The molecule has 1 aliphatic rings. The molecule has 0 saturated carbocycles. The molecule has 88 valence electrons.